The Morgan fingerprint density at radius 1 is 1.39 bits per heavy atom. The van der Waals surface area contributed by atoms with Gasteiger partial charge < -0.3 is 5.32 Å². The minimum Gasteiger partial charge on any atom is -0.366 e. The van der Waals surface area contributed by atoms with Crippen LogP contribution in [0.4, 0.5) is 5.82 Å². The average Bonchev–Trinajstić information content (AvgIpc) is 3.10. The minimum absolute atomic E-state index is 0.369. The first kappa shape index (κ1) is 11.8. The Labute approximate surface area is 112 Å². The summed E-state index contributed by atoms with van der Waals surface area (Å²) in [6, 6.07) is 6.67. The molecule has 1 atom stereocenters. The van der Waals surface area contributed by atoms with Gasteiger partial charge in [0.05, 0.1) is 11.6 Å². The van der Waals surface area contributed by atoms with Gasteiger partial charge in [0.15, 0.2) is 0 Å². The number of nitrogens with one attached hydrogen (secondary N) is 1. The van der Waals surface area contributed by atoms with E-state index in [1.54, 1.807) is 12.1 Å². The Kier molecular flexibility index (Phi) is 3.11. The fraction of sp³-hybridized carbons (Fsp3) is 0.538. The maximum atomic E-state index is 8.90. The van der Waals surface area contributed by atoms with Gasteiger partial charge in [0.1, 0.15) is 11.0 Å². The van der Waals surface area contributed by atoms with E-state index in [0.29, 0.717) is 22.6 Å². The third-order valence-electron chi connectivity index (χ3n) is 3.56. The second kappa shape index (κ2) is 4.75. The van der Waals surface area contributed by atoms with Gasteiger partial charge in [0, 0.05) is 25.2 Å². The highest BCUT2D eigenvalue weighted by Crippen LogP contribution is 2.30. The first-order chi connectivity index (χ1) is 8.74. The number of nitriles is 1. The standard InChI is InChI=1S/C13H15ClN4/c14-12-5-9(7-15)6-13(17-12)16-10-3-4-18(8-10)11-1-2-11/h5-6,10-11H,1-4,8H2,(H,16,17). The molecule has 0 aromatic carbocycles. The molecule has 2 fully saturated rings. The normalized spacial score (nSPS) is 23.9. The minimum atomic E-state index is 0.369. The molecule has 2 aliphatic rings. The summed E-state index contributed by atoms with van der Waals surface area (Å²) in [6.45, 7) is 2.23. The molecule has 0 amide bonds. The molecule has 1 unspecified atom stereocenters. The molecular weight excluding hydrogens is 248 g/mol. The van der Waals surface area contributed by atoms with Crippen LogP contribution >= 0.6 is 11.6 Å². The summed E-state index contributed by atoms with van der Waals surface area (Å²) in [6.07, 6.45) is 3.83. The van der Waals surface area contributed by atoms with Crippen molar-refractivity contribution in [3.8, 4) is 6.07 Å². The molecule has 0 spiro atoms. The van der Waals surface area contributed by atoms with Crippen LogP contribution in [0.3, 0.4) is 0 Å². The van der Waals surface area contributed by atoms with E-state index in [9.17, 15) is 0 Å². The number of rotatable bonds is 3. The number of aromatic nitrogens is 1. The van der Waals surface area contributed by atoms with Gasteiger partial charge in [-0.25, -0.2) is 4.98 Å². The van der Waals surface area contributed by atoms with E-state index in [1.807, 2.05) is 0 Å². The van der Waals surface area contributed by atoms with Gasteiger partial charge in [-0.2, -0.15) is 5.26 Å². The van der Waals surface area contributed by atoms with E-state index in [-0.39, 0.29) is 0 Å². The lowest BCUT2D eigenvalue weighted by Gasteiger charge is -2.16. The maximum Gasteiger partial charge on any atom is 0.132 e. The molecule has 1 N–H and O–H groups in total. The second-order valence-electron chi connectivity index (χ2n) is 5.03. The highest BCUT2D eigenvalue weighted by Gasteiger charge is 2.34. The number of pyridine rings is 1. The average molecular weight is 263 g/mol. The molecule has 5 heteroatoms. The molecule has 1 aromatic rings. The molecule has 1 saturated carbocycles. The van der Waals surface area contributed by atoms with Crippen molar-refractivity contribution in [2.24, 2.45) is 0 Å². The van der Waals surface area contributed by atoms with Gasteiger partial charge in [-0.15, -0.1) is 0 Å². The van der Waals surface area contributed by atoms with Crippen LogP contribution < -0.4 is 5.32 Å². The SMILES string of the molecule is N#Cc1cc(Cl)nc(NC2CCN(C3CC3)C2)c1. The lowest BCUT2D eigenvalue weighted by atomic mass is 10.2. The van der Waals surface area contributed by atoms with E-state index in [1.165, 1.54) is 12.8 Å². The summed E-state index contributed by atoms with van der Waals surface area (Å²) < 4.78 is 0. The Morgan fingerprint density at radius 3 is 2.94 bits per heavy atom. The van der Waals surface area contributed by atoms with Gasteiger partial charge >= 0.3 is 0 Å². The van der Waals surface area contributed by atoms with Crippen molar-refractivity contribution >= 4 is 17.4 Å². The van der Waals surface area contributed by atoms with Crippen LogP contribution in [0.25, 0.3) is 0 Å². The lowest BCUT2D eigenvalue weighted by Crippen LogP contribution is -2.28. The van der Waals surface area contributed by atoms with Crippen molar-refractivity contribution in [2.45, 2.75) is 31.3 Å². The van der Waals surface area contributed by atoms with E-state index in [0.717, 1.165) is 25.6 Å². The number of nitrogens with zero attached hydrogens (tertiary/aromatic N) is 3. The topological polar surface area (TPSA) is 52.0 Å². The van der Waals surface area contributed by atoms with Crippen molar-refractivity contribution < 1.29 is 0 Å². The summed E-state index contributed by atoms with van der Waals surface area (Å²) in [4.78, 5) is 6.75. The Balaban J connectivity index is 1.66. The van der Waals surface area contributed by atoms with Gasteiger partial charge in [0.2, 0.25) is 0 Å². The molecular formula is C13H15ClN4. The van der Waals surface area contributed by atoms with Crippen LogP contribution in [-0.4, -0.2) is 35.1 Å². The molecule has 4 nitrogen and oxygen atoms in total. The van der Waals surface area contributed by atoms with Crippen molar-refractivity contribution in [3.63, 3.8) is 0 Å². The Morgan fingerprint density at radius 2 is 2.22 bits per heavy atom. The van der Waals surface area contributed by atoms with E-state index in [2.05, 4.69) is 21.3 Å². The van der Waals surface area contributed by atoms with Crippen molar-refractivity contribution in [2.75, 3.05) is 18.4 Å². The number of hydrogen-bond acceptors (Lipinski definition) is 4. The fourth-order valence-corrected chi connectivity index (χ4v) is 2.73. The summed E-state index contributed by atoms with van der Waals surface area (Å²) in [5.41, 5.74) is 0.551. The number of anilines is 1. The van der Waals surface area contributed by atoms with Crippen LogP contribution in [0.2, 0.25) is 5.15 Å². The van der Waals surface area contributed by atoms with Crippen molar-refractivity contribution in [1.29, 1.82) is 5.26 Å². The molecule has 1 aromatic heterocycles. The summed E-state index contributed by atoms with van der Waals surface area (Å²) in [5.74, 6) is 0.710. The van der Waals surface area contributed by atoms with E-state index >= 15 is 0 Å². The molecule has 0 bridgehead atoms. The van der Waals surface area contributed by atoms with Crippen LogP contribution in [0.15, 0.2) is 12.1 Å². The van der Waals surface area contributed by atoms with Gasteiger partial charge in [-0.3, -0.25) is 4.90 Å². The van der Waals surface area contributed by atoms with Crippen molar-refractivity contribution in [3.05, 3.63) is 22.8 Å². The van der Waals surface area contributed by atoms with Gasteiger partial charge in [-0.1, -0.05) is 11.6 Å². The number of halogens is 1. The molecule has 1 aliphatic carbocycles. The zero-order valence-electron chi connectivity index (χ0n) is 10.1. The highest BCUT2D eigenvalue weighted by molar-refractivity contribution is 6.29. The predicted octanol–water partition coefficient (Wildman–Crippen LogP) is 2.26. The Hall–Kier alpha value is -1.31. The van der Waals surface area contributed by atoms with E-state index in [4.69, 9.17) is 16.9 Å². The Bertz CT molecular complexity index is 492. The van der Waals surface area contributed by atoms with Crippen LogP contribution in [0, 0.1) is 11.3 Å². The molecule has 1 aliphatic heterocycles. The van der Waals surface area contributed by atoms with Crippen LogP contribution in [-0.2, 0) is 0 Å². The molecule has 0 radical (unpaired) electrons. The highest BCUT2D eigenvalue weighted by atomic mass is 35.5. The fourth-order valence-electron chi connectivity index (χ4n) is 2.52. The second-order valence-corrected chi connectivity index (χ2v) is 5.42. The summed E-state index contributed by atoms with van der Waals surface area (Å²) in [5, 5.41) is 12.6. The van der Waals surface area contributed by atoms with Crippen LogP contribution in [0.5, 0.6) is 0 Å². The smallest absolute Gasteiger partial charge is 0.132 e. The first-order valence-corrected chi connectivity index (χ1v) is 6.70. The zero-order chi connectivity index (χ0) is 12.5. The molecule has 1 saturated heterocycles. The largest absolute Gasteiger partial charge is 0.366 e. The first-order valence-electron chi connectivity index (χ1n) is 6.33. The number of hydrogen-bond donors (Lipinski definition) is 1. The summed E-state index contributed by atoms with van der Waals surface area (Å²) >= 11 is 5.89. The molecule has 2 heterocycles. The third-order valence-corrected chi connectivity index (χ3v) is 3.75. The van der Waals surface area contributed by atoms with Gasteiger partial charge in [0.25, 0.3) is 0 Å². The quantitative estimate of drug-likeness (QED) is 0.849. The third kappa shape index (κ3) is 2.58. The number of likely N-dealkylation sites (tertiary alicyclic amines) is 1. The van der Waals surface area contributed by atoms with Gasteiger partial charge in [-0.05, 0) is 31.4 Å². The van der Waals surface area contributed by atoms with E-state index < -0.39 is 0 Å². The summed E-state index contributed by atoms with van der Waals surface area (Å²) in [7, 11) is 0. The molecule has 18 heavy (non-hydrogen) atoms. The van der Waals surface area contributed by atoms with Crippen LogP contribution in [0.1, 0.15) is 24.8 Å². The molecule has 3 rings (SSSR count). The monoisotopic (exact) mass is 262 g/mol. The molecule has 94 valence electrons. The maximum absolute atomic E-state index is 8.90. The predicted molar refractivity (Wildman–Crippen MR) is 70.6 cm³/mol. The lowest BCUT2D eigenvalue weighted by molar-refractivity contribution is 0.326. The van der Waals surface area contributed by atoms with Crippen molar-refractivity contribution in [1.82, 2.24) is 9.88 Å². The zero-order valence-corrected chi connectivity index (χ0v) is 10.8.